The van der Waals surface area contributed by atoms with Gasteiger partial charge in [-0.15, -0.1) is 0 Å². The molecule has 0 fully saturated rings. The molecule has 2 aromatic rings. The van der Waals surface area contributed by atoms with Gasteiger partial charge in [-0.2, -0.15) is 0 Å². The van der Waals surface area contributed by atoms with Crippen LogP contribution < -0.4 is 15.2 Å². The van der Waals surface area contributed by atoms with E-state index < -0.39 is 5.97 Å². The average Bonchev–Trinajstić information content (AvgIpc) is 2.79. The topological polar surface area (TPSA) is 78.6 Å². The molecule has 0 spiro atoms. The zero-order valence-electron chi connectivity index (χ0n) is 19.3. The van der Waals surface area contributed by atoms with Gasteiger partial charge in [0, 0.05) is 18.2 Å². The molecule has 0 saturated carbocycles. The van der Waals surface area contributed by atoms with E-state index in [1.165, 1.54) is 18.9 Å². The number of ether oxygens (including phenoxy) is 2. The van der Waals surface area contributed by atoms with Crippen LogP contribution in [-0.4, -0.2) is 18.4 Å². The summed E-state index contributed by atoms with van der Waals surface area (Å²) in [5.41, 5.74) is 7.60. The first kappa shape index (κ1) is 25.2. The van der Waals surface area contributed by atoms with Crippen LogP contribution in [0.15, 0.2) is 54.6 Å². The highest BCUT2D eigenvalue weighted by Gasteiger charge is 2.10. The van der Waals surface area contributed by atoms with Gasteiger partial charge < -0.3 is 15.2 Å². The number of unbranched alkanes of at least 4 members (excludes halogenated alkanes) is 5. The largest absolute Gasteiger partial charge is 0.494 e. The summed E-state index contributed by atoms with van der Waals surface area (Å²) in [5.74, 6) is 0.641. The number of hydrogen-bond donors (Lipinski definition) is 1. The monoisotopic (exact) mass is 437 g/mol. The summed E-state index contributed by atoms with van der Waals surface area (Å²) in [6.07, 6.45) is 9.48. The molecule has 0 aliphatic rings. The molecule has 0 saturated heterocycles. The van der Waals surface area contributed by atoms with E-state index in [0.29, 0.717) is 41.4 Å². The molecule has 0 heterocycles. The quantitative estimate of drug-likeness (QED) is 0.162. The van der Waals surface area contributed by atoms with Gasteiger partial charge >= 0.3 is 5.97 Å². The average molecular weight is 438 g/mol. The number of esters is 1. The minimum Gasteiger partial charge on any atom is -0.494 e. The van der Waals surface area contributed by atoms with Crippen LogP contribution in [0.25, 0.3) is 5.70 Å². The molecule has 0 unspecified atom stereocenters. The first-order valence-electron chi connectivity index (χ1n) is 11.6. The molecule has 5 heteroatoms. The summed E-state index contributed by atoms with van der Waals surface area (Å²) < 4.78 is 11.2. The zero-order chi connectivity index (χ0) is 23.2. The number of nitrogens with two attached hydrogens (primary N) is 1. The van der Waals surface area contributed by atoms with Gasteiger partial charge in [-0.3, -0.25) is 4.79 Å². The van der Waals surface area contributed by atoms with Crippen LogP contribution in [0.5, 0.6) is 11.5 Å². The zero-order valence-corrected chi connectivity index (χ0v) is 19.3. The molecular weight excluding hydrogens is 402 g/mol. The lowest BCUT2D eigenvalue weighted by molar-refractivity contribution is -0.114. The van der Waals surface area contributed by atoms with Gasteiger partial charge in [-0.25, -0.2) is 4.79 Å². The maximum Gasteiger partial charge on any atom is 0.343 e. The van der Waals surface area contributed by atoms with Crippen LogP contribution in [0.3, 0.4) is 0 Å². The van der Waals surface area contributed by atoms with E-state index in [9.17, 15) is 9.59 Å². The summed E-state index contributed by atoms with van der Waals surface area (Å²) in [6, 6.07) is 13.8. The highest BCUT2D eigenvalue weighted by Crippen LogP contribution is 2.20. The predicted octanol–water partition coefficient (Wildman–Crippen LogP) is 6.31. The lowest BCUT2D eigenvalue weighted by atomic mass is 10.1. The van der Waals surface area contributed by atoms with Crippen molar-refractivity contribution in [3.05, 3.63) is 65.7 Å². The number of allylic oxidation sites excluding steroid dienone is 1. The van der Waals surface area contributed by atoms with Crippen molar-refractivity contribution in [3.8, 4) is 11.5 Å². The molecule has 0 aliphatic carbocycles. The number of carbonyl (C=O) groups is 2. The second-order valence-corrected chi connectivity index (χ2v) is 7.87. The van der Waals surface area contributed by atoms with Crippen LogP contribution in [0, 0.1) is 0 Å². The molecule has 2 rings (SSSR count). The number of benzene rings is 2. The van der Waals surface area contributed by atoms with Gasteiger partial charge in [0.2, 0.25) is 0 Å². The number of hydrogen-bond acceptors (Lipinski definition) is 5. The van der Waals surface area contributed by atoms with Crippen LogP contribution in [0.1, 0.15) is 81.1 Å². The Morgan fingerprint density at radius 2 is 1.56 bits per heavy atom. The van der Waals surface area contributed by atoms with E-state index in [0.717, 1.165) is 32.1 Å². The lowest BCUT2D eigenvalue weighted by Crippen LogP contribution is -2.09. The van der Waals surface area contributed by atoms with Crippen molar-refractivity contribution in [2.24, 2.45) is 5.73 Å². The summed E-state index contributed by atoms with van der Waals surface area (Å²) in [7, 11) is 0. The molecule has 172 valence electrons. The van der Waals surface area contributed by atoms with Crippen LogP contribution >= 0.6 is 0 Å². The van der Waals surface area contributed by atoms with Crippen molar-refractivity contribution in [1.29, 1.82) is 0 Å². The van der Waals surface area contributed by atoms with E-state index >= 15 is 0 Å². The smallest absolute Gasteiger partial charge is 0.343 e. The second-order valence-electron chi connectivity index (χ2n) is 7.87. The van der Waals surface area contributed by atoms with E-state index in [-0.39, 0.29) is 5.78 Å². The van der Waals surface area contributed by atoms with Crippen molar-refractivity contribution in [1.82, 2.24) is 0 Å². The van der Waals surface area contributed by atoms with E-state index in [1.807, 2.05) is 6.07 Å². The maximum absolute atomic E-state index is 12.5. The molecule has 2 N–H and O–H groups in total. The van der Waals surface area contributed by atoms with Crippen LogP contribution in [0.4, 0.5) is 0 Å². The predicted molar refractivity (Wildman–Crippen MR) is 129 cm³/mol. The van der Waals surface area contributed by atoms with Gasteiger partial charge in [-0.05, 0) is 60.9 Å². The van der Waals surface area contributed by atoms with Gasteiger partial charge in [-0.1, -0.05) is 52.0 Å². The lowest BCUT2D eigenvalue weighted by Gasteiger charge is -2.09. The molecule has 0 amide bonds. The summed E-state index contributed by atoms with van der Waals surface area (Å²) in [6.45, 7) is 4.91. The van der Waals surface area contributed by atoms with Crippen molar-refractivity contribution >= 4 is 17.4 Å². The van der Waals surface area contributed by atoms with E-state index in [4.69, 9.17) is 15.2 Å². The third-order valence-electron chi connectivity index (χ3n) is 5.08. The Morgan fingerprint density at radius 1 is 0.844 bits per heavy atom. The molecule has 0 aromatic heterocycles. The number of rotatable bonds is 14. The van der Waals surface area contributed by atoms with Gasteiger partial charge in [0.25, 0.3) is 0 Å². The van der Waals surface area contributed by atoms with Gasteiger partial charge in [0.15, 0.2) is 5.78 Å². The molecular formula is C27H35NO4. The minimum atomic E-state index is -0.455. The first-order valence-corrected chi connectivity index (χ1v) is 11.6. The fourth-order valence-corrected chi connectivity index (χ4v) is 3.19. The minimum absolute atomic E-state index is 0.0268. The van der Waals surface area contributed by atoms with Crippen molar-refractivity contribution in [3.63, 3.8) is 0 Å². The molecule has 0 aliphatic heterocycles. The van der Waals surface area contributed by atoms with Crippen molar-refractivity contribution < 1.29 is 19.1 Å². The van der Waals surface area contributed by atoms with Gasteiger partial charge in [0.05, 0.1) is 12.2 Å². The van der Waals surface area contributed by atoms with Crippen molar-refractivity contribution in [2.75, 3.05) is 6.61 Å². The Labute approximate surface area is 191 Å². The Hall–Kier alpha value is -3.08. The van der Waals surface area contributed by atoms with E-state index in [2.05, 4.69) is 13.8 Å². The standard InChI is InChI=1S/C27H35NO4/c1-3-5-7-9-18-31-25-13-10-11-22(19-25)27(30)32-24-16-14-21(15-17-24)26(28)20-23(29)12-8-6-4-2/h10-11,13-17,19-20H,3-9,12,18,28H2,1-2H3/b26-20-. The summed E-state index contributed by atoms with van der Waals surface area (Å²) >= 11 is 0. The van der Waals surface area contributed by atoms with Crippen molar-refractivity contribution in [2.45, 2.75) is 65.2 Å². The van der Waals surface area contributed by atoms with Crippen LogP contribution in [0.2, 0.25) is 0 Å². The Bertz CT molecular complexity index is 887. The summed E-state index contributed by atoms with van der Waals surface area (Å²) in [5, 5.41) is 0. The molecule has 0 bridgehead atoms. The molecule has 5 nitrogen and oxygen atoms in total. The fraction of sp³-hybridized carbons (Fsp3) is 0.407. The molecule has 0 radical (unpaired) electrons. The first-order chi connectivity index (χ1) is 15.5. The summed E-state index contributed by atoms with van der Waals surface area (Å²) in [4.78, 5) is 24.5. The third kappa shape index (κ3) is 8.96. The number of carbonyl (C=O) groups excluding carboxylic acids is 2. The Kier molecular flexibility index (Phi) is 11.1. The normalized spacial score (nSPS) is 11.2. The molecule has 2 aromatic carbocycles. The SMILES string of the molecule is CCCCCCOc1cccc(C(=O)Oc2ccc(/C(N)=C/C(=O)CCCCC)cc2)c1. The Balaban J connectivity index is 1.91. The molecule has 0 atom stereocenters. The van der Waals surface area contributed by atoms with Crippen LogP contribution in [-0.2, 0) is 4.79 Å². The number of ketones is 1. The van der Waals surface area contributed by atoms with Gasteiger partial charge in [0.1, 0.15) is 11.5 Å². The third-order valence-corrected chi connectivity index (χ3v) is 5.08. The Morgan fingerprint density at radius 3 is 2.28 bits per heavy atom. The highest BCUT2D eigenvalue weighted by molar-refractivity contribution is 5.96. The maximum atomic E-state index is 12.5. The highest BCUT2D eigenvalue weighted by atomic mass is 16.5. The molecule has 32 heavy (non-hydrogen) atoms. The second kappa shape index (κ2) is 14.1. The fourth-order valence-electron chi connectivity index (χ4n) is 3.19. The van der Waals surface area contributed by atoms with E-state index in [1.54, 1.807) is 42.5 Å².